The van der Waals surface area contributed by atoms with Crippen molar-refractivity contribution in [3.8, 4) is 5.75 Å². The van der Waals surface area contributed by atoms with Crippen LogP contribution in [0.15, 0.2) is 36.4 Å². The van der Waals surface area contributed by atoms with E-state index in [1.165, 1.54) is 60.0 Å². The zero-order valence-electron chi connectivity index (χ0n) is 19.4. The number of piperidine rings is 1. The number of rotatable bonds is 9. The third-order valence-corrected chi connectivity index (χ3v) is 8.63. The highest BCUT2D eigenvalue weighted by molar-refractivity contribution is 7.49. The predicted octanol–water partition coefficient (Wildman–Crippen LogP) is 6.30. The second-order valence-electron chi connectivity index (χ2n) is 8.48. The van der Waals surface area contributed by atoms with Gasteiger partial charge in [0, 0.05) is 36.6 Å². The number of para-hydroxylation sites is 1. The number of hydrogen-bond acceptors (Lipinski definition) is 3. The molecule has 164 valence electrons. The van der Waals surface area contributed by atoms with E-state index >= 15 is 0 Å². The van der Waals surface area contributed by atoms with Crippen LogP contribution in [0.3, 0.4) is 0 Å². The van der Waals surface area contributed by atoms with E-state index in [4.69, 9.17) is 9.47 Å². The molecule has 1 heterocycles. The Hall–Kier alpha value is -1.57. The first kappa shape index (κ1) is 23.1. The van der Waals surface area contributed by atoms with Crippen LogP contribution in [0.25, 0.3) is 0 Å². The average molecular weight is 428 g/mol. The van der Waals surface area contributed by atoms with E-state index < -0.39 is 0 Å². The zero-order valence-corrected chi connectivity index (χ0v) is 20.4. The number of anilines is 1. The number of methoxy groups -OCH3 is 1. The summed E-state index contributed by atoms with van der Waals surface area (Å²) >= 11 is 0. The molecule has 4 heteroatoms. The lowest BCUT2D eigenvalue weighted by molar-refractivity contribution is 0.0494. The molecule has 1 atom stereocenters. The van der Waals surface area contributed by atoms with Crippen molar-refractivity contribution < 1.29 is 9.47 Å². The molecule has 3 nitrogen and oxygen atoms in total. The van der Waals surface area contributed by atoms with Gasteiger partial charge in [-0.1, -0.05) is 52.8 Å². The van der Waals surface area contributed by atoms with E-state index in [2.05, 4.69) is 69.0 Å². The van der Waals surface area contributed by atoms with Gasteiger partial charge in [0.1, 0.15) is 5.75 Å². The van der Waals surface area contributed by atoms with Gasteiger partial charge in [0.15, 0.2) is 6.79 Å². The summed E-state index contributed by atoms with van der Waals surface area (Å²) in [7, 11) is 2.38. The molecule has 0 saturated carbocycles. The minimum atomic E-state index is 0.0644. The van der Waals surface area contributed by atoms with E-state index in [0.29, 0.717) is 8.58 Å². The molecule has 2 aromatic rings. The summed E-state index contributed by atoms with van der Waals surface area (Å²) in [6, 6.07) is 13.6. The highest BCUT2D eigenvalue weighted by Gasteiger charge is 2.34. The minimum absolute atomic E-state index is 0.0644. The first-order valence-electron chi connectivity index (χ1n) is 11.4. The smallest absolute Gasteiger partial charge is 0.188 e. The van der Waals surface area contributed by atoms with Crippen molar-refractivity contribution in [3.05, 3.63) is 53.1 Å². The topological polar surface area (TPSA) is 21.7 Å². The van der Waals surface area contributed by atoms with Crippen LogP contribution in [0.1, 0.15) is 62.6 Å². The summed E-state index contributed by atoms with van der Waals surface area (Å²) in [6.07, 6.45) is 6.13. The van der Waals surface area contributed by atoms with Crippen LogP contribution in [0.2, 0.25) is 0 Å². The molecular weight excluding hydrogens is 389 g/mol. The van der Waals surface area contributed by atoms with Crippen molar-refractivity contribution in [2.24, 2.45) is 0 Å². The first-order chi connectivity index (χ1) is 14.5. The van der Waals surface area contributed by atoms with Crippen molar-refractivity contribution in [2.75, 3.05) is 31.9 Å². The lowest BCUT2D eigenvalue weighted by atomic mass is 9.90. The molecule has 3 rings (SSSR count). The van der Waals surface area contributed by atoms with Crippen LogP contribution in [0.4, 0.5) is 5.69 Å². The van der Waals surface area contributed by atoms with E-state index in [0.717, 1.165) is 18.6 Å². The maximum atomic E-state index is 6.10. The van der Waals surface area contributed by atoms with E-state index in [-0.39, 0.29) is 11.9 Å². The molecular formula is C26H38NO2P. The highest BCUT2D eigenvalue weighted by Crippen LogP contribution is 2.51. The Labute approximate surface area is 184 Å². The Morgan fingerprint density at radius 1 is 1.00 bits per heavy atom. The largest absolute Gasteiger partial charge is 0.467 e. The lowest BCUT2D eigenvalue weighted by Crippen LogP contribution is -2.33. The molecule has 30 heavy (non-hydrogen) atoms. The monoisotopic (exact) mass is 427 g/mol. The fourth-order valence-corrected chi connectivity index (χ4v) is 6.34. The van der Waals surface area contributed by atoms with Crippen LogP contribution in [0, 0.1) is 13.8 Å². The first-order valence-corrected chi connectivity index (χ1v) is 12.4. The summed E-state index contributed by atoms with van der Waals surface area (Å²) < 4.78 is 11.3. The molecule has 0 aromatic heterocycles. The molecule has 1 unspecified atom stereocenters. The summed E-state index contributed by atoms with van der Waals surface area (Å²) in [6.45, 7) is 11.6. The molecule has 0 amide bonds. The number of hydrogen-bond donors (Lipinski definition) is 0. The Bertz CT molecular complexity index is 826. The third-order valence-electron chi connectivity index (χ3n) is 6.48. The average Bonchev–Trinajstić information content (AvgIpc) is 2.78. The van der Waals surface area contributed by atoms with Gasteiger partial charge in [0.25, 0.3) is 0 Å². The second-order valence-corrected chi connectivity index (χ2v) is 10.2. The van der Waals surface area contributed by atoms with Gasteiger partial charge in [0.2, 0.25) is 0 Å². The number of ether oxygens (including phenoxy) is 2. The molecule has 0 aliphatic carbocycles. The molecule has 0 radical (unpaired) electrons. The van der Waals surface area contributed by atoms with Gasteiger partial charge in [-0.25, -0.2) is 0 Å². The fourth-order valence-electron chi connectivity index (χ4n) is 4.62. The van der Waals surface area contributed by atoms with Gasteiger partial charge < -0.3 is 14.4 Å². The lowest BCUT2D eigenvalue weighted by Gasteiger charge is -2.37. The molecule has 0 bridgehead atoms. The van der Waals surface area contributed by atoms with Gasteiger partial charge in [-0.15, -0.1) is 0 Å². The Kier molecular flexibility index (Phi) is 8.20. The van der Waals surface area contributed by atoms with Crippen molar-refractivity contribution in [1.82, 2.24) is 0 Å². The summed E-state index contributed by atoms with van der Waals surface area (Å²) in [5.41, 5.74) is 5.31. The van der Waals surface area contributed by atoms with Crippen LogP contribution < -0.4 is 14.9 Å². The Morgan fingerprint density at radius 2 is 1.73 bits per heavy atom. The van der Waals surface area contributed by atoms with Gasteiger partial charge in [0.05, 0.1) is 0 Å². The number of nitrogens with zero attached hydrogens (tertiary/aromatic N) is 1. The molecule has 1 aliphatic rings. The number of benzene rings is 2. The van der Waals surface area contributed by atoms with Gasteiger partial charge >= 0.3 is 0 Å². The summed E-state index contributed by atoms with van der Waals surface area (Å²) in [5, 5.41) is 1.56. The van der Waals surface area contributed by atoms with E-state index in [1.807, 2.05) is 0 Å². The third kappa shape index (κ3) is 5.01. The number of aryl methyl sites for hydroxylation is 2. The van der Waals surface area contributed by atoms with Gasteiger partial charge in [-0.05, 0) is 68.4 Å². The van der Waals surface area contributed by atoms with Gasteiger partial charge in [-0.2, -0.15) is 0 Å². The minimum Gasteiger partial charge on any atom is -0.467 e. The van der Waals surface area contributed by atoms with Crippen molar-refractivity contribution in [2.45, 2.75) is 65.0 Å². The van der Waals surface area contributed by atoms with E-state index in [9.17, 15) is 0 Å². The van der Waals surface area contributed by atoms with Crippen LogP contribution in [-0.2, 0) is 9.89 Å². The predicted molar refractivity (Wildman–Crippen MR) is 131 cm³/mol. The van der Waals surface area contributed by atoms with Crippen LogP contribution in [-0.4, -0.2) is 27.0 Å². The Morgan fingerprint density at radius 3 is 2.40 bits per heavy atom. The second kappa shape index (κ2) is 10.6. The van der Waals surface area contributed by atoms with E-state index in [1.54, 1.807) is 7.11 Å². The molecule has 1 saturated heterocycles. The maximum absolute atomic E-state index is 6.10. The van der Waals surface area contributed by atoms with Gasteiger partial charge in [-0.3, -0.25) is 0 Å². The molecule has 1 aliphatic heterocycles. The summed E-state index contributed by atoms with van der Waals surface area (Å²) in [5.74, 6) is 1.00. The van der Waals surface area contributed by atoms with Crippen molar-refractivity contribution in [1.29, 1.82) is 0 Å². The fraction of sp³-hybridized carbons (Fsp3) is 0.538. The van der Waals surface area contributed by atoms with Crippen molar-refractivity contribution >= 4 is 19.6 Å². The maximum Gasteiger partial charge on any atom is 0.188 e. The molecule has 0 N–H and O–H groups in total. The molecule has 1 fully saturated rings. The SMILES string of the molecule is CCC(CC)(Pc1ccc(C)cc1N1CCCCC1)c1cccc(C)c1OCOC. The van der Waals surface area contributed by atoms with Crippen LogP contribution in [0.5, 0.6) is 5.75 Å². The molecule has 2 aromatic carbocycles. The normalized spacial score (nSPS) is 15.2. The summed E-state index contributed by atoms with van der Waals surface area (Å²) in [4.78, 5) is 2.62. The Balaban J connectivity index is 2.04. The standard InChI is InChI=1S/C26H38NO2P/c1-6-26(7-2,22-13-11-12-21(4)25(22)29-19-28-5)30-24-15-14-20(3)18-23(24)27-16-9-8-10-17-27/h11-15,18,30H,6-10,16-17,19H2,1-5H3. The zero-order chi connectivity index (χ0) is 21.6. The van der Waals surface area contributed by atoms with Crippen LogP contribution >= 0.6 is 8.58 Å². The quantitative estimate of drug-likeness (QED) is 0.346. The molecule has 0 spiro atoms. The highest BCUT2D eigenvalue weighted by atomic mass is 31.1. The van der Waals surface area contributed by atoms with Crippen molar-refractivity contribution in [3.63, 3.8) is 0 Å².